The molecule has 4 heterocycles. The lowest BCUT2D eigenvalue weighted by Gasteiger charge is -2.35. The number of ether oxygens (including phenoxy) is 2. The minimum absolute atomic E-state index is 0.00204. The molecular weight excluding hydrogens is 1080 g/mol. The topological polar surface area (TPSA) is 232 Å². The number of hydrogen-bond acceptors (Lipinski definition) is 15. The molecule has 2 saturated heterocycles. The number of benzene rings is 4. The molecule has 0 unspecified atom stereocenters. The molecule has 81 heavy (non-hydrogen) atoms. The highest BCUT2D eigenvalue weighted by Crippen LogP contribution is 2.42. The van der Waals surface area contributed by atoms with Gasteiger partial charge < -0.3 is 55.2 Å². The number of amides is 5. The van der Waals surface area contributed by atoms with Crippen LogP contribution in [0.15, 0.2) is 84.4 Å². The van der Waals surface area contributed by atoms with Crippen LogP contribution in [0.4, 0.5) is 16.2 Å². The number of aliphatic hydroxyl groups is 1. The molecule has 0 saturated carbocycles. The Labute approximate surface area is 479 Å². The van der Waals surface area contributed by atoms with Gasteiger partial charge in [-0.1, -0.05) is 87.0 Å². The van der Waals surface area contributed by atoms with Gasteiger partial charge in [0.15, 0.2) is 5.82 Å². The summed E-state index contributed by atoms with van der Waals surface area (Å²) in [6.45, 7) is 11.0. The summed E-state index contributed by atoms with van der Waals surface area (Å²) in [5.74, 6) is -1.94. The highest BCUT2D eigenvalue weighted by atomic mass is 35.5. The van der Waals surface area contributed by atoms with E-state index in [1.165, 1.54) is 21.9 Å². The maximum atomic E-state index is 17.0. The highest BCUT2D eigenvalue weighted by Gasteiger charge is 2.45. The van der Waals surface area contributed by atoms with Gasteiger partial charge in [-0.15, -0.1) is 11.3 Å². The lowest BCUT2D eigenvalue weighted by Crippen LogP contribution is -2.58. The molecule has 0 radical (unpaired) electrons. The number of likely N-dealkylation sites (tertiary alicyclic amines) is 1. The molecule has 19 nitrogen and oxygen atoms in total. The highest BCUT2D eigenvalue weighted by molar-refractivity contribution is 7.13. The number of thiazole rings is 1. The number of aromatic nitrogens is 3. The zero-order chi connectivity index (χ0) is 58.1. The Hall–Kier alpha value is -7.30. The number of aliphatic hydroxyl groups excluding tert-OH is 1. The van der Waals surface area contributed by atoms with Gasteiger partial charge in [0.05, 0.1) is 53.1 Å². The van der Waals surface area contributed by atoms with Gasteiger partial charge in [-0.2, -0.15) is 4.98 Å². The number of anilines is 2. The van der Waals surface area contributed by atoms with E-state index in [1.807, 2.05) is 88.0 Å². The third-order valence-electron chi connectivity index (χ3n) is 14.3. The number of β-amino-alcohol motifs (C(OH)–C–C–N with tert-alkyl or cyclic N) is 1. The van der Waals surface area contributed by atoms with Gasteiger partial charge in [-0.25, -0.2) is 14.4 Å². The van der Waals surface area contributed by atoms with Crippen molar-refractivity contribution in [2.45, 2.75) is 78.1 Å². The number of aromatic hydroxyl groups is 1. The molecule has 2 aromatic heterocycles. The number of phenolic OH excluding ortho intramolecular Hbond substituents is 1. The summed E-state index contributed by atoms with van der Waals surface area (Å²) < 4.78 is 28.3. The molecule has 4 atom stereocenters. The normalized spacial score (nSPS) is 16.5. The first kappa shape index (κ1) is 59.8. The monoisotopic (exact) mass is 1150 g/mol. The molecule has 0 bridgehead atoms. The summed E-state index contributed by atoms with van der Waals surface area (Å²) in [5, 5.41) is 32.0. The van der Waals surface area contributed by atoms with Gasteiger partial charge in [0.2, 0.25) is 35.5 Å². The average molecular weight is 1150 g/mol. The number of nitrogens with zero attached hydrogens (tertiary/aromatic N) is 7. The number of hydrogen-bond donors (Lipinski definition) is 5. The number of nitrogens with one attached hydrogen (secondary N) is 3. The SMILES string of the molecule is Cc1ncsc1-c1ccc([C@H](C)NC(=O)[C@@H]2C[C@@H](O)CN2C(=O)[C@@H](NC(=O)COCCOCC/C=C/C(=O)N2CCN(c3nc(NCCC(=O)N(C)C)nc4c(F)c(-c5cc(O)cc6ccccc56)c(Cl)cc34)CC2)C(C)(C)C)cc1. The van der Waals surface area contributed by atoms with Crippen molar-refractivity contribution in [1.29, 1.82) is 0 Å². The Balaban J connectivity index is 0.788. The average Bonchev–Trinajstić information content (AvgIpc) is 4.21. The van der Waals surface area contributed by atoms with Gasteiger partial charge in [0.1, 0.15) is 35.8 Å². The minimum Gasteiger partial charge on any atom is -0.508 e. The number of carbonyl (C=O) groups is 5. The largest absolute Gasteiger partial charge is 0.508 e. The number of carbonyl (C=O) groups excluding carboxylic acids is 5. The van der Waals surface area contributed by atoms with Crippen LogP contribution >= 0.6 is 22.9 Å². The summed E-state index contributed by atoms with van der Waals surface area (Å²) >= 11 is 8.46. The van der Waals surface area contributed by atoms with Crippen molar-refractivity contribution in [1.82, 2.24) is 40.3 Å². The number of phenols is 1. The van der Waals surface area contributed by atoms with Crippen molar-refractivity contribution in [3.8, 4) is 27.3 Å². The molecule has 2 aliphatic rings. The Kier molecular flexibility index (Phi) is 19.6. The molecule has 8 rings (SSSR count). The Bertz CT molecular complexity index is 3290. The van der Waals surface area contributed by atoms with Gasteiger partial charge in [0, 0.05) is 77.2 Å². The van der Waals surface area contributed by atoms with Crippen LogP contribution in [0.2, 0.25) is 5.02 Å². The molecule has 2 aliphatic heterocycles. The second-order valence-corrected chi connectivity index (χ2v) is 22.8. The molecule has 0 aliphatic carbocycles. The first-order chi connectivity index (χ1) is 38.7. The molecule has 5 N–H and O–H groups in total. The van der Waals surface area contributed by atoms with E-state index in [4.69, 9.17) is 26.1 Å². The predicted octanol–water partition coefficient (Wildman–Crippen LogP) is 7.27. The van der Waals surface area contributed by atoms with Crippen molar-refractivity contribution >= 4 is 85.9 Å². The van der Waals surface area contributed by atoms with Gasteiger partial charge in [0.25, 0.3) is 0 Å². The van der Waals surface area contributed by atoms with Crippen LogP contribution in [0.25, 0.3) is 43.2 Å². The second kappa shape index (κ2) is 26.5. The molecule has 6 aromatic rings. The van der Waals surface area contributed by atoms with Crippen LogP contribution in [-0.4, -0.2) is 167 Å². The maximum absolute atomic E-state index is 17.0. The fourth-order valence-electron chi connectivity index (χ4n) is 9.94. The van der Waals surface area contributed by atoms with Crippen LogP contribution in [0.1, 0.15) is 64.3 Å². The molecule has 22 heteroatoms. The molecular formula is C59H70ClFN10O9S. The van der Waals surface area contributed by atoms with Gasteiger partial charge in [-0.3, -0.25) is 24.0 Å². The third-order valence-corrected chi connectivity index (χ3v) is 15.6. The fraction of sp³-hybridized carbons (Fsp3) is 0.424. The lowest BCUT2D eigenvalue weighted by atomic mass is 9.85. The summed E-state index contributed by atoms with van der Waals surface area (Å²) in [5.41, 5.74) is 4.38. The number of fused-ring (bicyclic) bond motifs is 2. The molecule has 5 amide bonds. The van der Waals surface area contributed by atoms with E-state index in [2.05, 4.69) is 25.9 Å². The van der Waals surface area contributed by atoms with Crippen molar-refractivity contribution in [3.63, 3.8) is 0 Å². The molecule has 0 spiro atoms. The molecule has 430 valence electrons. The first-order valence-corrected chi connectivity index (χ1v) is 28.2. The summed E-state index contributed by atoms with van der Waals surface area (Å²) in [7, 11) is 3.32. The number of halogens is 2. The number of rotatable bonds is 21. The summed E-state index contributed by atoms with van der Waals surface area (Å²) in [6, 6.07) is 17.5. The maximum Gasteiger partial charge on any atom is 0.246 e. The van der Waals surface area contributed by atoms with Gasteiger partial charge in [-0.05, 0) is 77.4 Å². The lowest BCUT2D eigenvalue weighted by molar-refractivity contribution is -0.144. The molecule has 4 aromatic carbocycles. The van der Waals surface area contributed by atoms with E-state index in [9.17, 15) is 34.2 Å². The summed E-state index contributed by atoms with van der Waals surface area (Å²) in [6.07, 6.45) is 2.95. The van der Waals surface area contributed by atoms with E-state index in [-0.39, 0.29) is 98.0 Å². The van der Waals surface area contributed by atoms with Crippen LogP contribution in [0.3, 0.4) is 0 Å². The Morgan fingerprint density at radius 3 is 2.38 bits per heavy atom. The van der Waals surface area contributed by atoms with Crippen LogP contribution in [-0.2, 0) is 33.4 Å². The first-order valence-electron chi connectivity index (χ1n) is 27.0. The standard InChI is InChI=1S/C59H70ClFN10O9S/c1-35(37-15-17-38(18-16-37)53-36(2)63-34-81-53)64-56(77)46-30-41(73)32-71(46)57(78)54(59(3,4)5)65-47(74)33-80-27-26-79-25-11-10-14-49(76)69-21-23-70(24-22-69)55-44-31-45(60)50(43-29-40(72)28-39-12-8-9-13-42(39)43)51(61)52(44)66-58(67-55)62-20-19-48(75)68(6)7/h8-10,12-18,28-29,31,34-35,41,46,54,72-73H,11,19-27,30,32-33H2,1-7H3,(H,64,77)(H,65,74)(H,62,66,67)/b14-10+/t35-,41+,46-,54+/m0/s1. The van der Waals surface area contributed by atoms with Crippen molar-refractivity contribution in [2.75, 3.05) is 90.0 Å². The summed E-state index contributed by atoms with van der Waals surface area (Å²) in [4.78, 5) is 87.9. The number of aryl methyl sites for hydroxylation is 1. The van der Waals surface area contributed by atoms with E-state index < -0.39 is 47.1 Å². The van der Waals surface area contributed by atoms with E-state index in [0.717, 1.165) is 21.7 Å². The predicted molar refractivity (Wildman–Crippen MR) is 311 cm³/mol. The van der Waals surface area contributed by atoms with Crippen molar-refractivity contribution in [3.05, 3.63) is 106 Å². The quantitative estimate of drug-likeness (QED) is 0.0353. The second-order valence-electron chi connectivity index (χ2n) is 21.5. The smallest absolute Gasteiger partial charge is 0.246 e. The zero-order valence-electron chi connectivity index (χ0n) is 46.6. The van der Waals surface area contributed by atoms with Gasteiger partial charge >= 0.3 is 0 Å². The Morgan fingerprint density at radius 1 is 0.951 bits per heavy atom. The third kappa shape index (κ3) is 14.6. The van der Waals surface area contributed by atoms with E-state index in [1.54, 1.807) is 54.1 Å². The van der Waals surface area contributed by atoms with Crippen LogP contribution in [0, 0.1) is 18.2 Å². The van der Waals surface area contributed by atoms with Crippen LogP contribution in [0.5, 0.6) is 5.75 Å². The van der Waals surface area contributed by atoms with Crippen LogP contribution < -0.4 is 20.9 Å². The van der Waals surface area contributed by atoms with E-state index in [0.29, 0.717) is 60.1 Å². The zero-order valence-corrected chi connectivity index (χ0v) is 48.2. The Morgan fingerprint density at radius 2 is 1.68 bits per heavy atom. The molecule has 2 fully saturated rings. The number of piperazine rings is 1. The fourth-order valence-corrected chi connectivity index (χ4v) is 11.0. The van der Waals surface area contributed by atoms with Crippen molar-refractivity contribution < 1.29 is 48.0 Å². The van der Waals surface area contributed by atoms with E-state index >= 15 is 4.39 Å². The minimum atomic E-state index is -1.02. The van der Waals surface area contributed by atoms with Crippen molar-refractivity contribution in [2.24, 2.45) is 5.41 Å².